The van der Waals surface area contributed by atoms with Crippen LogP contribution in [-0.2, 0) is 0 Å². The summed E-state index contributed by atoms with van der Waals surface area (Å²) in [6.45, 7) is 0. The summed E-state index contributed by atoms with van der Waals surface area (Å²) in [7, 11) is 0. The average molecular weight is 212 g/mol. The zero-order valence-corrected chi connectivity index (χ0v) is 5.31. The van der Waals surface area contributed by atoms with Gasteiger partial charge in [0.05, 0.1) is 0 Å². The molecular formula is C3H4ClN3Na2O3. The second-order valence-corrected chi connectivity index (χ2v) is 1.81. The maximum atomic E-state index is 10.4. The monoisotopic (exact) mass is 211 g/mol. The van der Waals surface area contributed by atoms with Crippen molar-refractivity contribution < 1.29 is 0 Å². The Kier molecular flexibility index (Phi) is 7.84. The number of aromatic amines is 2. The van der Waals surface area contributed by atoms with Crippen molar-refractivity contribution in [2.24, 2.45) is 0 Å². The molecule has 2 N–H and O–H groups in total. The molecule has 0 spiro atoms. The predicted octanol–water partition coefficient (Wildman–Crippen LogP) is -3.07. The van der Waals surface area contributed by atoms with Gasteiger partial charge in [0.1, 0.15) is 0 Å². The number of halogens is 1. The molecule has 1 aromatic heterocycles. The van der Waals surface area contributed by atoms with Crippen molar-refractivity contribution in [2.45, 2.75) is 0 Å². The topological polar surface area (TPSA) is 87.7 Å². The van der Waals surface area contributed by atoms with Gasteiger partial charge in [0.2, 0.25) is 0 Å². The van der Waals surface area contributed by atoms with Gasteiger partial charge in [0, 0.05) is 11.8 Å². The van der Waals surface area contributed by atoms with Crippen molar-refractivity contribution in [3.8, 4) is 0 Å². The Morgan fingerprint density at radius 1 is 1.00 bits per heavy atom. The van der Waals surface area contributed by atoms with E-state index in [0.29, 0.717) is 0 Å². The summed E-state index contributed by atoms with van der Waals surface area (Å²) in [6, 6.07) is 0. The first-order chi connectivity index (χ1) is 4.61. The molecule has 0 saturated heterocycles. The second kappa shape index (κ2) is 6.20. The summed E-state index contributed by atoms with van der Waals surface area (Å²) in [5.74, 6) is 0. The van der Waals surface area contributed by atoms with Gasteiger partial charge in [-0.25, -0.2) is 14.4 Å². The first-order valence-corrected chi connectivity index (χ1v) is 2.57. The first kappa shape index (κ1) is 15.2. The molecule has 0 atom stereocenters. The molecule has 9 heteroatoms. The Bertz CT molecular complexity index is 372. The van der Waals surface area contributed by atoms with Crippen LogP contribution in [-0.4, -0.2) is 73.2 Å². The van der Waals surface area contributed by atoms with Crippen molar-refractivity contribution in [1.82, 2.24) is 14.1 Å². The van der Waals surface area contributed by atoms with Crippen LogP contribution in [0.5, 0.6) is 0 Å². The van der Waals surface area contributed by atoms with Crippen LogP contribution in [0.25, 0.3) is 0 Å². The number of nitrogens with one attached hydrogen (secondary N) is 2. The zero-order chi connectivity index (χ0) is 7.72. The number of hydrogen-bond donors (Lipinski definition) is 2. The molecule has 1 rings (SSSR count). The molecule has 1 aromatic rings. The Morgan fingerprint density at radius 3 is 1.67 bits per heavy atom. The summed E-state index contributed by atoms with van der Waals surface area (Å²) in [4.78, 5) is 34.6. The van der Waals surface area contributed by atoms with Crippen molar-refractivity contribution in [1.29, 1.82) is 0 Å². The SMILES string of the molecule is O=c1[nH]c(=O)n(Cl)c(=O)[nH]1.[NaH].[NaH]. The van der Waals surface area contributed by atoms with Gasteiger partial charge in [-0.15, -0.1) is 0 Å². The van der Waals surface area contributed by atoms with Gasteiger partial charge < -0.3 is 0 Å². The van der Waals surface area contributed by atoms with Crippen molar-refractivity contribution in [2.75, 3.05) is 0 Å². The third-order valence-corrected chi connectivity index (χ3v) is 1.10. The summed E-state index contributed by atoms with van der Waals surface area (Å²) in [5, 5.41) is 0. The first-order valence-electron chi connectivity index (χ1n) is 2.23. The van der Waals surface area contributed by atoms with Crippen LogP contribution in [0.4, 0.5) is 0 Å². The number of rotatable bonds is 0. The van der Waals surface area contributed by atoms with Crippen LogP contribution in [0.2, 0.25) is 0 Å². The quantitative estimate of drug-likeness (QED) is 0.447. The van der Waals surface area contributed by atoms with E-state index in [1.807, 2.05) is 0 Å². The molecule has 0 bridgehead atoms. The third-order valence-electron chi connectivity index (χ3n) is 0.798. The molecular weight excluding hydrogens is 207 g/mol. The van der Waals surface area contributed by atoms with Crippen LogP contribution in [0.1, 0.15) is 0 Å². The fraction of sp³-hybridized carbons (Fsp3) is 0. The van der Waals surface area contributed by atoms with Gasteiger partial charge in [-0.05, 0) is 0 Å². The zero-order valence-electron chi connectivity index (χ0n) is 4.55. The van der Waals surface area contributed by atoms with E-state index in [2.05, 4.69) is 0 Å². The van der Waals surface area contributed by atoms with Gasteiger partial charge in [-0.3, -0.25) is 9.97 Å². The predicted molar refractivity (Wildman–Crippen MR) is 47.5 cm³/mol. The van der Waals surface area contributed by atoms with Crippen LogP contribution < -0.4 is 17.1 Å². The fourth-order valence-corrected chi connectivity index (χ4v) is 0.500. The molecule has 6 nitrogen and oxygen atoms in total. The van der Waals surface area contributed by atoms with Gasteiger partial charge in [0.25, 0.3) is 0 Å². The van der Waals surface area contributed by atoms with E-state index in [9.17, 15) is 14.4 Å². The van der Waals surface area contributed by atoms with E-state index in [1.165, 1.54) is 0 Å². The summed E-state index contributed by atoms with van der Waals surface area (Å²) in [5.41, 5.74) is -2.77. The summed E-state index contributed by atoms with van der Waals surface area (Å²) < 4.78 is 0.238. The number of aromatic nitrogens is 3. The van der Waals surface area contributed by atoms with Crippen LogP contribution >= 0.6 is 11.8 Å². The van der Waals surface area contributed by atoms with Crippen LogP contribution in [0, 0.1) is 0 Å². The van der Waals surface area contributed by atoms with Crippen LogP contribution in [0.3, 0.4) is 0 Å². The molecule has 0 aliphatic carbocycles. The second-order valence-electron chi connectivity index (χ2n) is 1.47. The van der Waals surface area contributed by atoms with E-state index in [4.69, 9.17) is 11.8 Å². The Hall–Kier alpha value is 0.700. The Labute approximate surface area is 115 Å². The Morgan fingerprint density at radius 2 is 1.33 bits per heavy atom. The molecule has 0 aliphatic rings. The van der Waals surface area contributed by atoms with Gasteiger partial charge in [0.15, 0.2) is 0 Å². The van der Waals surface area contributed by atoms with Gasteiger partial charge in [-0.1, -0.05) is 0 Å². The standard InChI is InChI=1S/C3H2ClN3O3.2Na.2H/c4-7-2(9)5-1(8)6-3(7)10;;;;/h(H2,5,6,8,9,10);;;;. The van der Waals surface area contributed by atoms with E-state index in [0.717, 1.165) is 0 Å². The molecule has 0 saturated carbocycles. The molecule has 0 amide bonds. The Balaban J connectivity index is 0. The van der Waals surface area contributed by atoms with Crippen molar-refractivity contribution in [3.05, 3.63) is 31.5 Å². The van der Waals surface area contributed by atoms with Gasteiger partial charge in [-0.2, -0.15) is 4.09 Å². The molecule has 0 fully saturated rings. The summed E-state index contributed by atoms with van der Waals surface area (Å²) >= 11 is 5.04. The molecule has 1 heterocycles. The van der Waals surface area contributed by atoms with Crippen molar-refractivity contribution in [3.63, 3.8) is 0 Å². The van der Waals surface area contributed by atoms with Crippen molar-refractivity contribution >= 4 is 70.9 Å². The van der Waals surface area contributed by atoms with Gasteiger partial charge >= 0.3 is 76.2 Å². The molecule has 0 radical (unpaired) electrons. The molecule has 12 heavy (non-hydrogen) atoms. The molecule has 0 unspecified atom stereocenters. The number of hydrogen-bond acceptors (Lipinski definition) is 3. The summed E-state index contributed by atoms with van der Waals surface area (Å²) in [6.07, 6.45) is 0. The molecule has 58 valence electrons. The average Bonchev–Trinajstić information content (AvgIpc) is 1.82. The van der Waals surface area contributed by atoms with Crippen LogP contribution in [0.15, 0.2) is 14.4 Å². The fourth-order valence-electron chi connectivity index (χ4n) is 0.416. The van der Waals surface area contributed by atoms with E-state index >= 15 is 0 Å². The third kappa shape index (κ3) is 3.61. The normalized spacial score (nSPS) is 8.08. The maximum absolute atomic E-state index is 10.4. The molecule has 0 aliphatic heterocycles. The minimum absolute atomic E-state index is 0. The molecule has 0 aromatic carbocycles. The van der Waals surface area contributed by atoms with E-state index in [-0.39, 0.29) is 63.2 Å². The number of H-pyrrole nitrogens is 2. The number of nitrogens with zero attached hydrogens (tertiary/aromatic N) is 1. The van der Waals surface area contributed by atoms with E-state index < -0.39 is 17.1 Å². The van der Waals surface area contributed by atoms with E-state index in [1.54, 1.807) is 9.97 Å². The minimum atomic E-state index is -0.949.